The molecule has 0 spiro atoms. The number of halogens is 3. The van der Waals surface area contributed by atoms with Crippen molar-refractivity contribution in [2.45, 2.75) is 37.6 Å². The second-order valence-corrected chi connectivity index (χ2v) is 3.08. The van der Waals surface area contributed by atoms with E-state index >= 15 is 0 Å². The van der Waals surface area contributed by atoms with Gasteiger partial charge in [-0.3, -0.25) is 4.79 Å². The van der Waals surface area contributed by atoms with Gasteiger partial charge in [-0.25, -0.2) is 0 Å². The Morgan fingerprint density at radius 2 is 2.00 bits per heavy atom. The molecule has 1 saturated carbocycles. The second-order valence-electron chi connectivity index (χ2n) is 3.08. The number of hydrogen-bond donors (Lipinski definition) is 2. The average molecular weight is 197 g/mol. The highest BCUT2D eigenvalue weighted by molar-refractivity contribution is 5.82. The van der Waals surface area contributed by atoms with Crippen LogP contribution in [0.1, 0.15) is 19.3 Å². The van der Waals surface area contributed by atoms with Crippen LogP contribution in [0.15, 0.2) is 0 Å². The molecule has 1 fully saturated rings. The van der Waals surface area contributed by atoms with Crippen molar-refractivity contribution in [3.63, 3.8) is 0 Å². The first-order valence-electron chi connectivity index (χ1n) is 3.97. The molecule has 0 saturated heterocycles. The smallest absolute Gasteiger partial charge is 0.391 e. The predicted octanol–water partition coefficient (Wildman–Crippen LogP) is 0.578. The lowest BCUT2D eigenvalue weighted by Crippen LogP contribution is -2.46. The molecule has 1 rings (SSSR count). The number of nitrogens with one attached hydrogen (secondary N) is 1. The third-order valence-corrected chi connectivity index (χ3v) is 2.05. The maximum atomic E-state index is 11.7. The van der Waals surface area contributed by atoms with Crippen molar-refractivity contribution in [3.8, 4) is 0 Å². The van der Waals surface area contributed by atoms with Gasteiger partial charge in [0.25, 0.3) is 0 Å². The Labute approximate surface area is 72.9 Å². The van der Waals surface area contributed by atoms with Gasteiger partial charge in [-0.1, -0.05) is 0 Å². The van der Waals surface area contributed by atoms with E-state index in [9.17, 15) is 18.0 Å². The Hall–Kier alpha value is -0.780. The SMILES string of the molecule is O=C(NC1CCCC1O)C(F)(F)F. The van der Waals surface area contributed by atoms with E-state index in [4.69, 9.17) is 5.11 Å². The predicted molar refractivity (Wildman–Crippen MR) is 37.8 cm³/mol. The lowest BCUT2D eigenvalue weighted by Gasteiger charge is -2.17. The van der Waals surface area contributed by atoms with E-state index in [2.05, 4.69) is 0 Å². The zero-order chi connectivity index (χ0) is 10.1. The summed E-state index contributed by atoms with van der Waals surface area (Å²) in [4.78, 5) is 10.4. The van der Waals surface area contributed by atoms with Gasteiger partial charge < -0.3 is 10.4 Å². The molecule has 13 heavy (non-hydrogen) atoms. The van der Waals surface area contributed by atoms with Crippen molar-refractivity contribution in [2.75, 3.05) is 0 Å². The fourth-order valence-corrected chi connectivity index (χ4v) is 1.36. The number of amides is 1. The largest absolute Gasteiger partial charge is 0.471 e. The molecular formula is C7H10F3NO2. The Kier molecular flexibility index (Phi) is 2.80. The van der Waals surface area contributed by atoms with Gasteiger partial charge in [0.1, 0.15) is 0 Å². The van der Waals surface area contributed by atoms with Crippen LogP contribution in [0.2, 0.25) is 0 Å². The fourth-order valence-electron chi connectivity index (χ4n) is 1.36. The summed E-state index contributed by atoms with van der Waals surface area (Å²) in [6, 6.07) is -0.742. The molecule has 76 valence electrons. The summed E-state index contributed by atoms with van der Waals surface area (Å²) in [5, 5.41) is 10.9. The number of carbonyl (C=O) groups is 1. The number of hydrogen-bond acceptors (Lipinski definition) is 2. The van der Waals surface area contributed by atoms with Crippen LogP contribution in [0.5, 0.6) is 0 Å². The average Bonchev–Trinajstić information content (AvgIpc) is 2.34. The van der Waals surface area contributed by atoms with Crippen LogP contribution in [-0.4, -0.2) is 29.3 Å². The van der Waals surface area contributed by atoms with E-state index in [1.165, 1.54) is 0 Å². The third kappa shape index (κ3) is 2.58. The maximum absolute atomic E-state index is 11.7. The van der Waals surface area contributed by atoms with E-state index in [0.717, 1.165) is 0 Å². The molecule has 0 heterocycles. The van der Waals surface area contributed by atoms with Gasteiger partial charge in [-0.15, -0.1) is 0 Å². The molecule has 0 aromatic heterocycles. The molecule has 0 aromatic rings. The van der Waals surface area contributed by atoms with E-state index in [1.807, 2.05) is 0 Å². The molecule has 1 amide bonds. The van der Waals surface area contributed by atoms with Crippen molar-refractivity contribution in [1.29, 1.82) is 0 Å². The minimum absolute atomic E-state index is 0.406. The van der Waals surface area contributed by atoms with Crippen molar-refractivity contribution in [2.24, 2.45) is 0 Å². The minimum atomic E-state index is -4.86. The van der Waals surface area contributed by atoms with E-state index < -0.39 is 24.2 Å². The quantitative estimate of drug-likeness (QED) is 0.646. The van der Waals surface area contributed by atoms with Gasteiger partial charge in [0.2, 0.25) is 0 Å². The number of aliphatic hydroxyl groups excluding tert-OH is 1. The van der Waals surface area contributed by atoms with Crippen molar-refractivity contribution in [1.82, 2.24) is 5.32 Å². The highest BCUT2D eigenvalue weighted by Gasteiger charge is 2.41. The van der Waals surface area contributed by atoms with Gasteiger partial charge in [0.05, 0.1) is 12.1 Å². The molecule has 2 atom stereocenters. The Morgan fingerprint density at radius 1 is 1.38 bits per heavy atom. The molecule has 6 heteroatoms. The zero-order valence-corrected chi connectivity index (χ0v) is 6.77. The molecule has 2 N–H and O–H groups in total. The normalized spacial score (nSPS) is 28.9. The summed E-state index contributed by atoms with van der Waals surface area (Å²) in [6.45, 7) is 0. The summed E-state index contributed by atoms with van der Waals surface area (Å²) in [5.41, 5.74) is 0. The molecule has 3 nitrogen and oxygen atoms in total. The van der Waals surface area contributed by atoms with Crippen molar-refractivity contribution in [3.05, 3.63) is 0 Å². The van der Waals surface area contributed by atoms with Gasteiger partial charge in [-0.2, -0.15) is 13.2 Å². The topological polar surface area (TPSA) is 49.3 Å². The zero-order valence-electron chi connectivity index (χ0n) is 6.77. The third-order valence-electron chi connectivity index (χ3n) is 2.05. The van der Waals surface area contributed by atoms with Gasteiger partial charge in [-0.05, 0) is 19.3 Å². The van der Waals surface area contributed by atoms with Gasteiger partial charge in [0.15, 0.2) is 0 Å². The Balaban J connectivity index is 2.45. The first-order chi connectivity index (χ1) is 5.91. The maximum Gasteiger partial charge on any atom is 0.471 e. The first kappa shape index (κ1) is 10.3. The van der Waals surface area contributed by atoms with Crippen molar-refractivity contribution >= 4 is 5.91 Å². The standard InChI is InChI=1S/C7H10F3NO2/c8-7(9,10)6(13)11-4-2-1-3-5(4)12/h4-5,12H,1-3H2,(H,11,13). The summed E-state index contributed by atoms with van der Waals surface area (Å²) in [6.07, 6.45) is -4.20. The van der Waals surface area contributed by atoms with Crippen molar-refractivity contribution < 1.29 is 23.1 Å². The van der Waals surface area contributed by atoms with Crippen LogP contribution in [0, 0.1) is 0 Å². The van der Waals surface area contributed by atoms with Crippen LogP contribution >= 0.6 is 0 Å². The van der Waals surface area contributed by atoms with E-state index in [0.29, 0.717) is 19.3 Å². The lowest BCUT2D eigenvalue weighted by atomic mass is 10.2. The summed E-state index contributed by atoms with van der Waals surface area (Å²) < 4.78 is 35.2. The number of alkyl halides is 3. The number of carbonyl (C=O) groups excluding carboxylic acids is 1. The van der Waals surface area contributed by atoms with Crippen LogP contribution in [0.4, 0.5) is 13.2 Å². The Morgan fingerprint density at radius 3 is 2.38 bits per heavy atom. The molecule has 1 aliphatic rings. The van der Waals surface area contributed by atoms with Crippen LogP contribution in [0.3, 0.4) is 0 Å². The monoisotopic (exact) mass is 197 g/mol. The molecule has 0 bridgehead atoms. The van der Waals surface area contributed by atoms with Gasteiger partial charge >= 0.3 is 12.1 Å². The molecule has 0 aromatic carbocycles. The number of rotatable bonds is 1. The number of aliphatic hydroxyl groups is 1. The summed E-state index contributed by atoms with van der Waals surface area (Å²) in [7, 11) is 0. The second kappa shape index (κ2) is 3.53. The summed E-state index contributed by atoms with van der Waals surface area (Å²) in [5.74, 6) is -1.97. The van der Waals surface area contributed by atoms with Gasteiger partial charge in [0, 0.05) is 0 Å². The molecule has 0 radical (unpaired) electrons. The van der Waals surface area contributed by atoms with Crippen LogP contribution in [0.25, 0.3) is 0 Å². The minimum Gasteiger partial charge on any atom is -0.391 e. The lowest BCUT2D eigenvalue weighted by molar-refractivity contribution is -0.174. The molecule has 1 aliphatic carbocycles. The van der Waals surface area contributed by atoms with E-state index in [1.54, 1.807) is 5.32 Å². The van der Waals surface area contributed by atoms with E-state index in [-0.39, 0.29) is 0 Å². The van der Waals surface area contributed by atoms with Crippen LogP contribution < -0.4 is 5.32 Å². The fraction of sp³-hybridized carbons (Fsp3) is 0.857. The first-order valence-corrected chi connectivity index (χ1v) is 3.97. The highest BCUT2D eigenvalue weighted by Crippen LogP contribution is 2.21. The molecule has 0 aliphatic heterocycles. The molecular weight excluding hydrogens is 187 g/mol. The molecule has 2 unspecified atom stereocenters. The summed E-state index contributed by atoms with van der Waals surface area (Å²) >= 11 is 0. The highest BCUT2D eigenvalue weighted by atomic mass is 19.4. The Bertz CT molecular complexity index is 204. The van der Waals surface area contributed by atoms with Crippen LogP contribution in [-0.2, 0) is 4.79 Å².